The van der Waals surface area contributed by atoms with Crippen molar-refractivity contribution in [2.24, 2.45) is 5.41 Å². The highest BCUT2D eigenvalue weighted by Crippen LogP contribution is 2.57. The number of aliphatic hydroxyl groups is 1. The number of nitrogens with one attached hydrogen (secondary N) is 3. The summed E-state index contributed by atoms with van der Waals surface area (Å²) in [4.78, 5) is 27.7. The maximum atomic E-state index is 14.9. The van der Waals surface area contributed by atoms with Crippen LogP contribution in [0.1, 0.15) is 64.0 Å². The van der Waals surface area contributed by atoms with Crippen LogP contribution in [0.25, 0.3) is 0 Å². The van der Waals surface area contributed by atoms with E-state index in [1.165, 1.54) is 12.1 Å². The van der Waals surface area contributed by atoms with E-state index in [9.17, 15) is 19.1 Å². The van der Waals surface area contributed by atoms with Gasteiger partial charge in [-0.05, 0) is 60.1 Å². The summed E-state index contributed by atoms with van der Waals surface area (Å²) in [5, 5.41) is 19.7. The summed E-state index contributed by atoms with van der Waals surface area (Å²) >= 11 is 12.5. The number of halogens is 3. The molecular weight excluding hydrogens is 516 g/mol. The quantitative estimate of drug-likeness (QED) is 0.384. The number of carbonyl (C=O) groups excluding carboxylic acids is 2. The zero-order chi connectivity index (χ0) is 27.1. The SMILES string of the molecule is CCC(O)CCNC(=O)C1NC(CC(C)(C)C)C2(C(=O)Nc3cc(Cl)c(F)cc32)C1c1cccc(Cl)c1. The molecule has 4 N–H and O–H groups in total. The predicted molar refractivity (Wildman–Crippen MR) is 145 cm³/mol. The molecule has 0 aliphatic carbocycles. The molecule has 0 saturated carbocycles. The molecule has 2 aromatic carbocycles. The molecule has 2 heterocycles. The molecule has 1 saturated heterocycles. The molecule has 4 rings (SSSR count). The van der Waals surface area contributed by atoms with Gasteiger partial charge in [-0.1, -0.05) is 63.0 Å². The Bertz CT molecular complexity index is 1200. The van der Waals surface area contributed by atoms with Gasteiger partial charge in [0.2, 0.25) is 11.8 Å². The van der Waals surface area contributed by atoms with Gasteiger partial charge in [0, 0.05) is 29.2 Å². The van der Waals surface area contributed by atoms with Crippen LogP contribution in [0.3, 0.4) is 0 Å². The molecule has 0 bridgehead atoms. The van der Waals surface area contributed by atoms with Crippen molar-refractivity contribution >= 4 is 40.7 Å². The van der Waals surface area contributed by atoms with Crippen molar-refractivity contribution in [1.82, 2.24) is 10.6 Å². The van der Waals surface area contributed by atoms with E-state index in [0.717, 1.165) is 0 Å². The van der Waals surface area contributed by atoms with Crippen molar-refractivity contribution in [2.75, 3.05) is 11.9 Å². The monoisotopic (exact) mass is 549 g/mol. The molecule has 2 aliphatic rings. The average molecular weight is 551 g/mol. The summed E-state index contributed by atoms with van der Waals surface area (Å²) in [6, 6.07) is 8.58. The molecule has 6 nitrogen and oxygen atoms in total. The number of aliphatic hydroxyl groups excluding tert-OH is 1. The molecule has 1 spiro atoms. The lowest BCUT2D eigenvalue weighted by atomic mass is 9.62. The number of fused-ring (bicyclic) bond motifs is 2. The first-order valence-corrected chi connectivity index (χ1v) is 13.4. The second-order valence-corrected chi connectivity index (χ2v) is 12.1. The lowest BCUT2D eigenvalue weighted by molar-refractivity contribution is -0.123. The van der Waals surface area contributed by atoms with Crippen LogP contribution in [0.5, 0.6) is 0 Å². The Kier molecular flexibility index (Phi) is 7.92. The fraction of sp³-hybridized carbons (Fsp3) is 0.500. The van der Waals surface area contributed by atoms with Crippen molar-refractivity contribution in [3.63, 3.8) is 0 Å². The summed E-state index contributed by atoms with van der Waals surface area (Å²) in [7, 11) is 0. The smallest absolute Gasteiger partial charge is 0.237 e. The summed E-state index contributed by atoms with van der Waals surface area (Å²) in [5.74, 6) is -1.92. The highest BCUT2D eigenvalue weighted by Gasteiger charge is 2.65. The van der Waals surface area contributed by atoms with Crippen LogP contribution in [-0.4, -0.2) is 41.7 Å². The van der Waals surface area contributed by atoms with Crippen molar-refractivity contribution in [3.8, 4) is 0 Å². The number of amides is 2. The van der Waals surface area contributed by atoms with E-state index in [-0.39, 0.29) is 28.8 Å². The van der Waals surface area contributed by atoms with Crippen LogP contribution in [0.4, 0.5) is 10.1 Å². The Balaban J connectivity index is 1.89. The van der Waals surface area contributed by atoms with Gasteiger partial charge in [-0.3, -0.25) is 9.59 Å². The molecular formula is C28H34Cl2FN3O3. The van der Waals surface area contributed by atoms with Gasteiger partial charge in [-0.15, -0.1) is 0 Å². The molecule has 1 fully saturated rings. The van der Waals surface area contributed by atoms with Gasteiger partial charge >= 0.3 is 0 Å². The van der Waals surface area contributed by atoms with Crippen molar-refractivity contribution in [3.05, 3.63) is 63.4 Å². The lowest BCUT2D eigenvalue weighted by Crippen LogP contribution is -2.49. The van der Waals surface area contributed by atoms with E-state index >= 15 is 0 Å². The third-order valence-electron chi connectivity index (χ3n) is 7.44. The second kappa shape index (κ2) is 10.5. The number of hydrogen-bond donors (Lipinski definition) is 4. The van der Waals surface area contributed by atoms with Gasteiger partial charge in [0.1, 0.15) is 11.2 Å². The highest BCUT2D eigenvalue weighted by atomic mass is 35.5. The van der Waals surface area contributed by atoms with E-state index in [1.54, 1.807) is 18.2 Å². The van der Waals surface area contributed by atoms with Gasteiger partial charge in [-0.2, -0.15) is 0 Å². The van der Waals surface area contributed by atoms with Crippen LogP contribution in [0, 0.1) is 11.2 Å². The van der Waals surface area contributed by atoms with Crippen molar-refractivity contribution < 1.29 is 19.1 Å². The number of anilines is 1. The molecule has 0 aromatic heterocycles. The number of carbonyl (C=O) groups is 2. The first-order chi connectivity index (χ1) is 17.4. The normalized spacial score (nSPS) is 25.7. The lowest BCUT2D eigenvalue weighted by Gasteiger charge is -2.37. The number of benzene rings is 2. The summed E-state index contributed by atoms with van der Waals surface area (Å²) in [6.07, 6.45) is 1.03. The maximum Gasteiger partial charge on any atom is 0.237 e. The van der Waals surface area contributed by atoms with Crippen LogP contribution in [-0.2, 0) is 15.0 Å². The van der Waals surface area contributed by atoms with Gasteiger partial charge in [-0.25, -0.2) is 4.39 Å². The van der Waals surface area contributed by atoms with E-state index in [2.05, 4.69) is 36.7 Å². The van der Waals surface area contributed by atoms with Crippen LogP contribution < -0.4 is 16.0 Å². The summed E-state index contributed by atoms with van der Waals surface area (Å²) in [5.41, 5.74) is 0.111. The van der Waals surface area contributed by atoms with Gasteiger partial charge in [0.25, 0.3) is 0 Å². The minimum Gasteiger partial charge on any atom is -0.393 e. The second-order valence-electron chi connectivity index (χ2n) is 11.3. The number of hydrogen-bond acceptors (Lipinski definition) is 4. The van der Waals surface area contributed by atoms with E-state index < -0.39 is 35.3 Å². The Hall–Kier alpha value is -2.19. The van der Waals surface area contributed by atoms with E-state index in [0.29, 0.717) is 41.1 Å². The Morgan fingerprint density at radius 3 is 2.62 bits per heavy atom. The standard InChI is InChI=1S/C28H34Cl2FN3O3/c1-5-17(35)9-10-32-25(36)24-23(15-7-6-8-16(29)11-15)28(22(34-24)14-27(2,3)4)18-12-20(31)19(30)13-21(18)33-26(28)37/h6-8,11-13,17,22-24,34-35H,5,9-10,14H2,1-4H3,(H,32,36)(H,33,37). The highest BCUT2D eigenvalue weighted by molar-refractivity contribution is 6.31. The molecule has 2 aliphatic heterocycles. The molecule has 5 atom stereocenters. The van der Waals surface area contributed by atoms with Crippen molar-refractivity contribution in [1.29, 1.82) is 0 Å². The maximum absolute atomic E-state index is 14.9. The van der Waals surface area contributed by atoms with Crippen LogP contribution in [0.2, 0.25) is 10.0 Å². The largest absolute Gasteiger partial charge is 0.393 e. The molecule has 200 valence electrons. The summed E-state index contributed by atoms with van der Waals surface area (Å²) in [6.45, 7) is 8.35. The summed E-state index contributed by atoms with van der Waals surface area (Å²) < 4.78 is 14.9. The zero-order valence-corrected chi connectivity index (χ0v) is 23.0. The van der Waals surface area contributed by atoms with Crippen LogP contribution >= 0.6 is 23.2 Å². The zero-order valence-electron chi connectivity index (χ0n) is 21.5. The Morgan fingerprint density at radius 1 is 1.24 bits per heavy atom. The van der Waals surface area contributed by atoms with Gasteiger partial charge in [0.15, 0.2) is 0 Å². The first-order valence-electron chi connectivity index (χ1n) is 12.7. The Morgan fingerprint density at radius 2 is 1.97 bits per heavy atom. The molecule has 5 unspecified atom stereocenters. The van der Waals surface area contributed by atoms with Crippen molar-refractivity contribution in [2.45, 2.75) is 76.5 Å². The molecule has 2 amide bonds. The molecule has 0 radical (unpaired) electrons. The molecule has 9 heteroatoms. The third kappa shape index (κ3) is 5.24. The Labute approximate surface area is 227 Å². The predicted octanol–water partition coefficient (Wildman–Crippen LogP) is 5.16. The minimum atomic E-state index is -1.29. The minimum absolute atomic E-state index is 0.0856. The van der Waals surface area contributed by atoms with E-state index in [1.807, 2.05) is 13.0 Å². The molecule has 2 aromatic rings. The third-order valence-corrected chi connectivity index (χ3v) is 7.96. The number of rotatable bonds is 7. The fourth-order valence-corrected chi connectivity index (χ4v) is 6.17. The van der Waals surface area contributed by atoms with Gasteiger partial charge < -0.3 is 21.1 Å². The fourth-order valence-electron chi connectivity index (χ4n) is 5.81. The first kappa shape index (κ1) is 27.8. The van der Waals surface area contributed by atoms with Gasteiger partial charge in [0.05, 0.1) is 17.2 Å². The topological polar surface area (TPSA) is 90.5 Å². The molecule has 37 heavy (non-hydrogen) atoms. The average Bonchev–Trinajstić information content (AvgIpc) is 3.28. The van der Waals surface area contributed by atoms with Crippen LogP contribution in [0.15, 0.2) is 36.4 Å². The van der Waals surface area contributed by atoms with E-state index in [4.69, 9.17) is 23.2 Å².